The zero-order chi connectivity index (χ0) is 13.0. The van der Waals surface area contributed by atoms with Gasteiger partial charge in [-0.1, -0.05) is 6.07 Å². The van der Waals surface area contributed by atoms with Crippen LogP contribution in [-0.4, -0.2) is 26.4 Å². The summed E-state index contributed by atoms with van der Waals surface area (Å²) in [6, 6.07) is 5.83. The Hall–Kier alpha value is -1.26. The lowest BCUT2D eigenvalue weighted by Crippen LogP contribution is -2.28. The van der Waals surface area contributed by atoms with Gasteiger partial charge >= 0.3 is 0 Å². The lowest BCUT2D eigenvalue weighted by molar-refractivity contribution is 0.00643. The Labute approximate surface area is 108 Å². The summed E-state index contributed by atoms with van der Waals surface area (Å²) < 4.78 is 16.7. The van der Waals surface area contributed by atoms with Crippen molar-refractivity contribution in [2.45, 2.75) is 31.9 Å². The third-order valence-corrected chi connectivity index (χ3v) is 3.13. The Morgan fingerprint density at radius 3 is 2.83 bits per heavy atom. The molecule has 0 bridgehead atoms. The van der Waals surface area contributed by atoms with Gasteiger partial charge in [0, 0.05) is 12.6 Å². The molecule has 100 valence electrons. The Balaban J connectivity index is 2.11. The van der Waals surface area contributed by atoms with Crippen LogP contribution < -0.4 is 15.2 Å². The Kier molecular flexibility index (Phi) is 4.44. The van der Waals surface area contributed by atoms with E-state index >= 15 is 0 Å². The van der Waals surface area contributed by atoms with E-state index in [9.17, 15) is 0 Å². The predicted octanol–water partition coefficient (Wildman–Crippen LogP) is 2.27. The van der Waals surface area contributed by atoms with Crippen LogP contribution >= 0.6 is 0 Å². The van der Waals surface area contributed by atoms with Crippen molar-refractivity contribution < 1.29 is 14.2 Å². The van der Waals surface area contributed by atoms with Crippen LogP contribution in [0, 0.1) is 0 Å². The molecule has 2 N–H and O–H groups in total. The van der Waals surface area contributed by atoms with Crippen LogP contribution in [0.15, 0.2) is 18.2 Å². The molecule has 4 nitrogen and oxygen atoms in total. The zero-order valence-corrected chi connectivity index (χ0v) is 11.0. The number of ether oxygens (including phenoxy) is 3. The number of methoxy groups -OCH3 is 1. The predicted molar refractivity (Wildman–Crippen MR) is 70.1 cm³/mol. The van der Waals surface area contributed by atoms with Gasteiger partial charge in [0.2, 0.25) is 0 Å². The fourth-order valence-electron chi connectivity index (χ4n) is 2.05. The molecule has 0 saturated carbocycles. The quantitative estimate of drug-likeness (QED) is 0.892. The molecule has 1 fully saturated rings. The summed E-state index contributed by atoms with van der Waals surface area (Å²) >= 11 is 0. The smallest absolute Gasteiger partial charge is 0.161 e. The largest absolute Gasteiger partial charge is 0.493 e. The third kappa shape index (κ3) is 3.15. The summed E-state index contributed by atoms with van der Waals surface area (Å²) in [7, 11) is 1.64. The van der Waals surface area contributed by atoms with E-state index in [1.54, 1.807) is 7.11 Å². The standard InChI is InChI=1S/C14H21NO3/c1-10(15)11-5-6-13(14(8-11)16-2)18-12-4-3-7-17-9-12/h5-6,8,10,12H,3-4,7,9,15H2,1-2H3/t10-,12?/m1/s1. The van der Waals surface area contributed by atoms with Gasteiger partial charge in [0.25, 0.3) is 0 Å². The van der Waals surface area contributed by atoms with Crippen LogP contribution in [-0.2, 0) is 4.74 Å². The van der Waals surface area contributed by atoms with E-state index in [2.05, 4.69) is 0 Å². The second-order valence-corrected chi connectivity index (χ2v) is 4.66. The maximum Gasteiger partial charge on any atom is 0.161 e. The fraction of sp³-hybridized carbons (Fsp3) is 0.571. The molecular formula is C14H21NO3. The van der Waals surface area contributed by atoms with Crippen molar-refractivity contribution >= 4 is 0 Å². The first-order valence-corrected chi connectivity index (χ1v) is 6.38. The van der Waals surface area contributed by atoms with Crippen LogP contribution in [0.1, 0.15) is 31.4 Å². The second kappa shape index (κ2) is 6.07. The van der Waals surface area contributed by atoms with E-state index in [1.165, 1.54) is 0 Å². The van der Waals surface area contributed by atoms with E-state index in [-0.39, 0.29) is 12.1 Å². The monoisotopic (exact) mass is 251 g/mol. The normalized spacial score (nSPS) is 21.4. The van der Waals surface area contributed by atoms with Gasteiger partial charge in [-0.05, 0) is 37.5 Å². The molecule has 1 aliphatic rings. The maximum atomic E-state index is 5.92. The number of hydrogen-bond donors (Lipinski definition) is 1. The van der Waals surface area contributed by atoms with Crippen LogP contribution in [0.3, 0.4) is 0 Å². The summed E-state index contributed by atoms with van der Waals surface area (Å²) in [6.45, 7) is 3.43. The molecule has 0 spiro atoms. The van der Waals surface area contributed by atoms with Gasteiger partial charge in [-0.3, -0.25) is 0 Å². The molecule has 0 aromatic heterocycles. The van der Waals surface area contributed by atoms with Gasteiger partial charge in [0.15, 0.2) is 11.5 Å². The molecule has 0 aliphatic carbocycles. The molecule has 18 heavy (non-hydrogen) atoms. The zero-order valence-electron chi connectivity index (χ0n) is 11.0. The first-order chi connectivity index (χ1) is 8.70. The van der Waals surface area contributed by atoms with Crippen LogP contribution in [0.5, 0.6) is 11.5 Å². The minimum Gasteiger partial charge on any atom is -0.493 e. The molecule has 2 rings (SSSR count). The molecular weight excluding hydrogens is 230 g/mol. The number of rotatable bonds is 4. The summed E-state index contributed by atoms with van der Waals surface area (Å²) in [5.74, 6) is 1.49. The van der Waals surface area contributed by atoms with Crippen LogP contribution in [0.2, 0.25) is 0 Å². The average molecular weight is 251 g/mol. The summed E-state index contributed by atoms with van der Waals surface area (Å²) in [5.41, 5.74) is 6.90. The van der Waals surface area contributed by atoms with Gasteiger partial charge in [0.05, 0.1) is 13.7 Å². The second-order valence-electron chi connectivity index (χ2n) is 4.66. The highest BCUT2D eigenvalue weighted by molar-refractivity contribution is 5.43. The average Bonchev–Trinajstić information content (AvgIpc) is 2.40. The first-order valence-electron chi connectivity index (χ1n) is 6.38. The molecule has 2 atom stereocenters. The molecule has 1 unspecified atom stereocenters. The number of hydrogen-bond acceptors (Lipinski definition) is 4. The Morgan fingerprint density at radius 2 is 2.22 bits per heavy atom. The number of benzene rings is 1. The molecule has 1 saturated heterocycles. The molecule has 1 aromatic carbocycles. The maximum absolute atomic E-state index is 5.92. The minimum atomic E-state index is -0.00837. The highest BCUT2D eigenvalue weighted by Crippen LogP contribution is 2.31. The third-order valence-electron chi connectivity index (χ3n) is 3.13. The van der Waals surface area contributed by atoms with E-state index in [1.807, 2.05) is 25.1 Å². The van der Waals surface area contributed by atoms with Crippen molar-refractivity contribution in [2.75, 3.05) is 20.3 Å². The molecule has 1 heterocycles. The lowest BCUT2D eigenvalue weighted by atomic mass is 10.1. The topological polar surface area (TPSA) is 53.7 Å². The van der Waals surface area contributed by atoms with Crippen molar-refractivity contribution in [2.24, 2.45) is 5.73 Å². The van der Waals surface area contributed by atoms with Crippen LogP contribution in [0.25, 0.3) is 0 Å². The van der Waals surface area contributed by atoms with Gasteiger partial charge in [0.1, 0.15) is 6.10 Å². The van der Waals surface area contributed by atoms with E-state index in [4.69, 9.17) is 19.9 Å². The SMILES string of the molecule is COc1cc([C@@H](C)N)ccc1OC1CCCOC1. The first kappa shape index (κ1) is 13.2. The highest BCUT2D eigenvalue weighted by atomic mass is 16.5. The van der Waals surface area contributed by atoms with Crippen molar-refractivity contribution in [3.63, 3.8) is 0 Å². The lowest BCUT2D eigenvalue weighted by Gasteiger charge is -2.24. The fourth-order valence-corrected chi connectivity index (χ4v) is 2.05. The summed E-state index contributed by atoms with van der Waals surface area (Å²) in [5, 5.41) is 0. The minimum absolute atomic E-state index is 0.00837. The summed E-state index contributed by atoms with van der Waals surface area (Å²) in [4.78, 5) is 0. The van der Waals surface area contributed by atoms with Gasteiger partial charge in [-0.25, -0.2) is 0 Å². The molecule has 4 heteroatoms. The van der Waals surface area contributed by atoms with Crippen molar-refractivity contribution in [1.29, 1.82) is 0 Å². The Bertz CT molecular complexity index is 387. The molecule has 0 amide bonds. The molecule has 0 radical (unpaired) electrons. The van der Waals surface area contributed by atoms with Crippen LogP contribution in [0.4, 0.5) is 0 Å². The van der Waals surface area contributed by atoms with Gasteiger partial charge < -0.3 is 19.9 Å². The summed E-state index contributed by atoms with van der Waals surface area (Å²) in [6.07, 6.45) is 2.19. The molecule has 1 aromatic rings. The van der Waals surface area contributed by atoms with Crippen molar-refractivity contribution in [1.82, 2.24) is 0 Å². The van der Waals surface area contributed by atoms with Crippen molar-refractivity contribution in [3.8, 4) is 11.5 Å². The van der Waals surface area contributed by atoms with Gasteiger partial charge in [-0.2, -0.15) is 0 Å². The van der Waals surface area contributed by atoms with Gasteiger partial charge in [-0.15, -0.1) is 0 Å². The molecule has 1 aliphatic heterocycles. The van der Waals surface area contributed by atoms with E-state index < -0.39 is 0 Å². The van der Waals surface area contributed by atoms with Crippen molar-refractivity contribution in [3.05, 3.63) is 23.8 Å². The van der Waals surface area contributed by atoms with E-state index in [0.717, 1.165) is 36.5 Å². The number of nitrogens with two attached hydrogens (primary N) is 1. The highest BCUT2D eigenvalue weighted by Gasteiger charge is 2.17. The Morgan fingerprint density at radius 1 is 1.39 bits per heavy atom. The van der Waals surface area contributed by atoms with E-state index in [0.29, 0.717) is 6.61 Å².